The summed E-state index contributed by atoms with van der Waals surface area (Å²) in [5.74, 6) is 0.226. The number of rotatable bonds is 3. The molecule has 2 atom stereocenters. The van der Waals surface area contributed by atoms with Gasteiger partial charge in [-0.15, -0.1) is 0 Å². The first-order chi connectivity index (χ1) is 12.9. The van der Waals surface area contributed by atoms with Gasteiger partial charge in [0.05, 0.1) is 5.56 Å². The molecule has 2 aliphatic heterocycles. The summed E-state index contributed by atoms with van der Waals surface area (Å²) in [6.45, 7) is 1.14. The minimum Gasteiger partial charge on any atom is -0.391 e. The average Bonchev–Trinajstić information content (AvgIpc) is 3.08. The van der Waals surface area contributed by atoms with Crippen LogP contribution < -0.4 is 4.90 Å². The van der Waals surface area contributed by atoms with Gasteiger partial charge in [0.2, 0.25) is 0 Å². The number of anilines is 1. The van der Waals surface area contributed by atoms with Crippen molar-refractivity contribution in [1.82, 2.24) is 0 Å². The quantitative estimate of drug-likeness (QED) is 0.642. The first kappa shape index (κ1) is 18.3. The summed E-state index contributed by atoms with van der Waals surface area (Å²) in [4.78, 5) is 7.70. The highest BCUT2D eigenvalue weighted by molar-refractivity contribution is 9.18. The van der Waals surface area contributed by atoms with Crippen molar-refractivity contribution in [3.63, 3.8) is 0 Å². The maximum atomic E-state index is 13.0. The fourth-order valence-corrected chi connectivity index (χ4v) is 4.21. The zero-order chi connectivity index (χ0) is 19.0. The molecule has 27 heavy (non-hydrogen) atoms. The van der Waals surface area contributed by atoms with Crippen molar-refractivity contribution in [2.75, 3.05) is 11.4 Å². The van der Waals surface area contributed by atoms with Crippen LogP contribution in [0.4, 0.5) is 18.9 Å². The third-order valence-electron chi connectivity index (χ3n) is 5.08. The van der Waals surface area contributed by atoms with Crippen LogP contribution in [0.3, 0.4) is 0 Å². The summed E-state index contributed by atoms with van der Waals surface area (Å²) in [6.07, 6.45) is -2.75. The standard InChI is InChI=1S/C20H18BrF3N2O/c21-19-10-18(27-25-19)15-9-14-5-1-2-7-17(14)26(12-15)11-13-4-3-6-16(8-13)20(22,23)24/h1-8,15,18H,9-12H2/t15-,18?/m0/s1. The lowest BCUT2D eigenvalue weighted by molar-refractivity contribution is -0.137. The van der Waals surface area contributed by atoms with Crippen molar-refractivity contribution in [3.8, 4) is 0 Å². The van der Waals surface area contributed by atoms with Crippen LogP contribution in [0.5, 0.6) is 0 Å². The van der Waals surface area contributed by atoms with E-state index in [9.17, 15) is 13.2 Å². The zero-order valence-electron chi connectivity index (χ0n) is 14.4. The molecule has 0 saturated heterocycles. The number of nitrogens with zero attached hydrogens (tertiary/aromatic N) is 2. The second kappa shape index (κ2) is 7.19. The third-order valence-corrected chi connectivity index (χ3v) is 5.55. The number of halogens is 4. The van der Waals surface area contributed by atoms with Gasteiger partial charge < -0.3 is 9.74 Å². The van der Waals surface area contributed by atoms with Gasteiger partial charge in [-0.25, -0.2) is 0 Å². The smallest absolute Gasteiger partial charge is 0.391 e. The fourth-order valence-electron chi connectivity index (χ4n) is 3.80. The molecule has 2 heterocycles. The number of oxime groups is 1. The van der Waals surface area contributed by atoms with Crippen molar-refractivity contribution in [2.24, 2.45) is 11.1 Å². The zero-order valence-corrected chi connectivity index (χ0v) is 16.0. The topological polar surface area (TPSA) is 24.8 Å². The molecule has 1 unspecified atom stereocenters. The molecule has 0 aromatic heterocycles. The Bertz CT molecular complexity index is 868. The lowest BCUT2D eigenvalue weighted by Gasteiger charge is -2.37. The predicted octanol–water partition coefficient (Wildman–Crippen LogP) is 5.38. The van der Waals surface area contributed by atoms with Gasteiger partial charge in [-0.2, -0.15) is 13.2 Å². The number of alkyl halides is 3. The average molecular weight is 439 g/mol. The van der Waals surface area contributed by atoms with Gasteiger partial charge in [-0.3, -0.25) is 0 Å². The maximum Gasteiger partial charge on any atom is 0.416 e. The highest BCUT2D eigenvalue weighted by Gasteiger charge is 2.35. The van der Waals surface area contributed by atoms with E-state index >= 15 is 0 Å². The molecule has 2 aromatic rings. The van der Waals surface area contributed by atoms with Crippen molar-refractivity contribution in [2.45, 2.75) is 31.7 Å². The third kappa shape index (κ3) is 3.98. The number of benzene rings is 2. The molecule has 0 spiro atoms. The number of fused-ring (bicyclic) bond motifs is 1. The van der Waals surface area contributed by atoms with Gasteiger partial charge >= 0.3 is 6.18 Å². The van der Waals surface area contributed by atoms with Crippen LogP contribution in [0.25, 0.3) is 0 Å². The molecule has 7 heteroatoms. The lowest BCUT2D eigenvalue weighted by Crippen LogP contribution is -2.40. The molecule has 2 aliphatic rings. The molecular formula is C20H18BrF3N2O. The highest BCUT2D eigenvalue weighted by atomic mass is 79.9. The van der Waals surface area contributed by atoms with E-state index in [1.54, 1.807) is 6.07 Å². The van der Waals surface area contributed by atoms with Crippen molar-refractivity contribution >= 4 is 26.2 Å². The normalized spacial score (nSPS) is 22.2. The largest absolute Gasteiger partial charge is 0.416 e. The number of hydrogen-bond donors (Lipinski definition) is 0. The van der Waals surface area contributed by atoms with E-state index in [0.29, 0.717) is 18.7 Å². The van der Waals surface area contributed by atoms with E-state index in [-0.39, 0.29) is 12.0 Å². The summed E-state index contributed by atoms with van der Waals surface area (Å²) in [5, 5.41) is 3.99. The van der Waals surface area contributed by atoms with Crippen molar-refractivity contribution in [3.05, 3.63) is 65.2 Å². The van der Waals surface area contributed by atoms with Gasteiger partial charge in [-0.05, 0) is 51.7 Å². The molecular weight excluding hydrogens is 421 g/mol. The summed E-state index contributed by atoms with van der Waals surface area (Å²) >= 11 is 3.38. The van der Waals surface area contributed by atoms with Crippen LogP contribution in [0.1, 0.15) is 23.1 Å². The molecule has 0 saturated carbocycles. The number of para-hydroxylation sites is 1. The number of hydrogen-bond acceptors (Lipinski definition) is 3. The molecule has 4 rings (SSSR count). The fraction of sp³-hybridized carbons (Fsp3) is 0.350. The summed E-state index contributed by atoms with van der Waals surface area (Å²) in [7, 11) is 0. The van der Waals surface area contributed by atoms with Gasteiger partial charge in [0.25, 0.3) is 0 Å². The van der Waals surface area contributed by atoms with Crippen LogP contribution in [-0.2, 0) is 24.0 Å². The van der Waals surface area contributed by atoms with Gasteiger partial charge in [0.15, 0.2) is 0 Å². The van der Waals surface area contributed by atoms with Gasteiger partial charge in [0.1, 0.15) is 10.7 Å². The van der Waals surface area contributed by atoms with Crippen molar-refractivity contribution in [1.29, 1.82) is 0 Å². The van der Waals surface area contributed by atoms with Crippen LogP contribution in [0, 0.1) is 5.92 Å². The van der Waals surface area contributed by atoms with E-state index in [4.69, 9.17) is 4.84 Å². The minimum absolute atomic E-state index is 0.0169. The molecule has 2 aromatic carbocycles. The Morgan fingerprint density at radius 2 is 1.93 bits per heavy atom. The molecule has 0 bridgehead atoms. The second-order valence-corrected chi connectivity index (χ2v) is 7.90. The van der Waals surface area contributed by atoms with E-state index in [0.717, 1.165) is 29.2 Å². The monoisotopic (exact) mass is 438 g/mol. The Morgan fingerprint density at radius 1 is 1.11 bits per heavy atom. The van der Waals surface area contributed by atoms with Crippen LogP contribution in [0.15, 0.2) is 53.7 Å². The van der Waals surface area contributed by atoms with Crippen LogP contribution in [0.2, 0.25) is 0 Å². The Hall–Kier alpha value is -2.02. The maximum absolute atomic E-state index is 13.0. The Balaban J connectivity index is 1.59. The van der Waals surface area contributed by atoms with Crippen LogP contribution >= 0.6 is 15.9 Å². The van der Waals surface area contributed by atoms with Gasteiger partial charge in [0, 0.05) is 31.1 Å². The highest BCUT2D eigenvalue weighted by Crippen LogP contribution is 2.36. The first-order valence-corrected chi connectivity index (χ1v) is 9.56. The van der Waals surface area contributed by atoms with Gasteiger partial charge in [-0.1, -0.05) is 35.5 Å². The van der Waals surface area contributed by atoms with E-state index in [1.807, 2.05) is 18.2 Å². The molecule has 0 aliphatic carbocycles. The summed E-state index contributed by atoms with van der Waals surface area (Å²) in [5.41, 5.74) is 2.29. The Kier molecular flexibility index (Phi) is 4.88. The second-order valence-electron chi connectivity index (χ2n) is 6.99. The molecule has 0 N–H and O–H groups in total. The molecule has 3 nitrogen and oxygen atoms in total. The van der Waals surface area contributed by atoms with E-state index in [1.165, 1.54) is 17.7 Å². The summed E-state index contributed by atoms with van der Waals surface area (Å²) < 4.78 is 39.9. The minimum atomic E-state index is -4.33. The molecule has 0 amide bonds. The molecule has 142 valence electrons. The van der Waals surface area contributed by atoms with E-state index in [2.05, 4.69) is 32.1 Å². The Labute approximate surface area is 163 Å². The van der Waals surface area contributed by atoms with Crippen molar-refractivity contribution < 1.29 is 18.0 Å². The molecule has 0 radical (unpaired) electrons. The summed E-state index contributed by atoms with van der Waals surface area (Å²) in [6, 6.07) is 13.6. The predicted molar refractivity (Wildman–Crippen MR) is 102 cm³/mol. The Morgan fingerprint density at radius 3 is 2.67 bits per heavy atom. The lowest BCUT2D eigenvalue weighted by atomic mass is 9.87. The SMILES string of the molecule is FC(F)(F)c1cccc(CN2C[C@@H](C3CC(Br)=NO3)Cc3ccccc32)c1. The molecule has 0 fully saturated rings. The van der Waals surface area contributed by atoms with E-state index < -0.39 is 11.7 Å². The first-order valence-electron chi connectivity index (χ1n) is 8.77. The van der Waals surface area contributed by atoms with Crippen LogP contribution in [-0.4, -0.2) is 17.3 Å².